The second kappa shape index (κ2) is 2.17. The second-order valence-electron chi connectivity index (χ2n) is 2.14. The Balaban J connectivity index is 2.76. The van der Waals surface area contributed by atoms with E-state index in [-0.39, 0.29) is 10.7 Å². The van der Waals surface area contributed by atoms with Crippen LogP contribution in [0.1, 0.15) is 0 Å². The van der Waals surface area contributed by atoms with Crippen molar-refractivity contribution in [2.24, 2.45) is 4.99 Å². The first kappa shape index (κ1) is 6.54. The van der Waals surface area contributed by atoms with Gasteiger partial charge in [0, 0.05) is 12.3 Å². The molecule has 1 aliphatic heterocycles. The molecule has 5 heteroatoms. The maximum Gasteiger partial charge on any atom is 0.256 e. The first-order chi connectivity index (χ1) is 5.27. The van der Waals surface area contributed by atoms with Crippen molar-refractivity contribution in [3.63, 3.8) is 0 Å². The van der Waals surface area contributed by atoms with Crippen LogP contribution in [-0.2, 0) is 6.54 Å². The fourth-order valence-electron chi connectivity index (χ4n) is 0.941. The minimum atomic E-state index is -0.155. The van der Waals surface area contributed by atoms with Gasteiger partial charge in [0.2, 0.25) is 5.95 Å². The van der Waals surface area contributed by atoms with Gasteiger partial charge in [-0.1, -0.05) is 11.6 Å². The number of aromatic nitrogens is 2. The predicted octanol–water partition coefficient (Wildman–Crippen LogP) is 0.613. The molecule has 0 radical (unpaired) electrons. The molecular weight excluding hydrogens is 166 g/mol. The van der Waals surface area contributed by atoms with Crippen LogP contribution >= 0.6 is 11.6 Å². The van der Waals surface area contributed by atoms with Crippen molar-refractivity contribution >= 4 is 23.8 Å². The third kappa shape index (κ3) is 0.952. The van der Waals surface area contributed by atoms with Crippen molar-refractivity contribution in [3.8, 4) is 0 Å². The third-order valence-corrected chi connectivity index (χ3v) is 1.62. The largest absolute Gasteiger partial charge is 0.272 e. The van der Waals surface area contributed by atoms with Gasteiger partial charge in [0.05, 0.1) is 6.54 Å². The van der Waals surface area contributed by atoms with E-state index in [1.807, 2.05) is 0 Å². The summed E-state index contributed by atoms with van der Waals surface area (Å²) in [4.78, 5) is 18.8. The number of nitrogens with zero attached hydrogens (tertiary/aromatic N) is 3. The molecule has 0 aromatic carbocycles. The van der Waals surface area contributed by atoms with Gasteiger partial charge in [0.1, 0.15) is 5.15 Å². The molecule has 1 aromatic rings. The third-order valence-electron chi connectivity index (χ3n) is 1.43. The Morgan fingerprint density at radius 3 is 3.27 bits per heavy atom. The average molecular weight is 170 g/mol. The van der Waals surface area contributed by atoms with Gasteiger partial charge in [-0.15, -0.1) is 0 Å². The fraction of sp³-hybridized carbons (Fsp3) is 0.167. The highest BCUT2D eigenvalue weighted by atomic mass is 35.5. The van der Waals surface area contributed by atoms with Crippen molar-refractivity contribution < 1.29 is 0 Å². The summed E-state index contributed by atoms with van der Waals surface area (Å²) in [6, 6.07) is 1.28. The Morgan fingerprint density at radius 1 is 1.64 bits per heavy atom. The summed E-state index contributed by atoms with van der Waals surface area (Å²) in [5.41, 5.74) is -0.155. The van der Waals surface area contributed by atoms with Crippen molar-refractivity contribution in [3.05, 3.63) is 21.6 Å². The number of fused-ring (bicyclic) bond motifs is 1. The van der Waals surface area contributed by atoms with E-state index in [1.54, 1.807) is 6.21 Å². The lowest BCUT2D eigenvalue weighted by Gasteiger charge is -1.97. The van der Waals surface area contributed by atoms with E-state index in [2.05, 4.69) is 9.98 Å². The molecule has 0 amide bonds. The van der Waals surface area contributed by atoms with Crippen LogP contribution in [-0.4, -0.2) is 15.8 Å². The lowest BCUT2D eigenvalue weighted by molar-refractivity contribution is 0.821. The zero-order valence-electron chi connectivity index (χ0n) is 5.49. The van der Waals surface area contributed by atoms with E-state index in [0.29, 0.717) is 12.5 Å². The van der Waals surface area contributed by atoms with Gasteiger partial charge in [-0.3, -0.25) is 9.36 Å². The van der Waals surface area contributed by atoms with Gasteiger partial charge in [-0.05, 0) is 0 Å². The molecule has 2 heterocycles. The molecule has 0 fully saturated rings. The van der Waals surface area contributed by atoms with Crippen molar-refractivity contribution in [2.45, 2.75) is 6.54 Å². The van der Waals surface area contributed by atoms with Crippen LogP contribution in [0.2, 0.25) is 5.15 Å². The monoisotopic (exact) mass is 169 g/mol. The highest BCUT2D eigenvalue weighted by Gasteiger charge is 2.08. The standard InChI is InChI=1S/C6H4ClN3O/c7-4-3-5(11)10-2-1-8-6(10)9-4/h1,3H,2H2. The molecule has 0 aliphatic carbocycles. The lowest BCUT2D eigenvalue weighted by Crippen LogP contribution is -2.17. The van der Waals surface area contributed by atoms with Crippen LogP contribution in [0.25, 0.3) is 0 Å². The van der Waals surface area contributed by atoms with Gasteiger partial charge >= 0.3 is 0 Å². The molecule has 4 nitrogen and oxygen atoms in total. The van der Waals surface area contributed by atoms with Gasteiger partial charge in [0.15, 0.2) is 0 Å². The molecule has 1 aromatic heterocycles. The van der Waals surface area contributed by atoms with E-state index >= 15 is 0 Å². The van der Waals surface area contributed by atoms with Crippen LogP contribution in [0.5, 0.6) is 0 Å². The van der Waals surface area contributed by atoms with Crippen LogP contribution in [0, 0.1) is 0 Å². The van der Waals surface area contributed by atoms with E-state index in [0.717, 1.165) is 0 Å². The number of hydrogen-bond acceptors (Lipinski definition) is 3. The molecular formula is C6H4ClN3O. The Kier molecular flexibility index (Phi) is 1.29. The molecule has 0 saturated carbocycles. The molecule has 0 saturated heterocycles. The molecule has 0 bridgehead atoms. The van der Waals surface area contributed by atoms with E-state index in [1.165, 1.54) is 10.6 Å². The van der Waals surface area contributed by atoms with E-state index in [9.17, 15) is 4.79 Å². The minimum Gasteiger partial charge on any atom is -0.272 e. The quantitative estimate of drug-likeness (QED) is 0.535. The van der Waals surface area contributed by atoms with Crippen LogP contribution in [0.15, 0.2) is 15.9 Å². The topological polar surface area (TPSA) is 47.2 Å². The first-order valence-electron chi connectivity index (χ1n) is 3.07. The average Bonchev–Trinajstić information content (AvgIpc) is 2.34. The van der Waals surface area contributed by atoms with Crippen molar-refractivity contribution in [2.75, 3.05) is 0 Å². The summed E-state index contributed by atoms with van der Waals surface area (Å²) in [6.07, 6.45) is 1.63. The molecule has 0 atom stereocenters. The molecule has 0 N–H and O–H groups in total. The van der Waals surface area contributed by atoms with Crippen LogP contribution in [0.3, 0.4) is 0 Å². The minimum absolute atomic E-state index is 0.155. The lowest BCUT2D eigenvalue weighted by atomic mass is 10.6. The molecule has 0 unspecified atom stereocenters. The van der Waals surface area contributed by atoms with Crippen LogP contribution in [0.4, 0.5) is 5.95 Å². The fourth-order valence-corrected chi connectivity index (χ4v) is 1.11. The Bertz CT molecular complexity index is 382. The number of aliphatic imine (C=N–C) groups is 1. The molecule has 0 spiro atoms. The van der Waals surface area contributed by atoms with E-state index < -0.39 is 0 Å². The summed E-state index contributed by atoms with van der Waals surface area (Å²) >= 11 is 5.53. The van der Waals surface area contributed by atoms with Crippen molar-refractivity contribution in [1.29, 1.82) is 0 Å². The maximum atomic E-state index is 11.1. The molecule has 2 rings (SSSR count). The van der Waals surface area contributed by atoms with Gasteiger partial charge in [0.25, 0.3) is 5.56 Å². The first-order valence-corrected chi connectivity index (χ1v) is 3.45. The summed E-state index contributed by atoms with van der Waals surface area (Å²) in [6.45, 7) is 0.498. The smallest absolute Gasteiger partial charge is 0.256 e. The molecule has 11 heavy (non-hydrogen) atoms. The number of hydrogen-bond donors (Lipinski definition) is 0. The summed E-state index contributed by atoms with van der Waals surface area (Å²) < 4.78 is 1.45. The second-order valence-corrected chi connectivity index (χ2v) is 2.53. The Labute approximate surface area is 67.2 Å². The highest BCUT2D eigenvalue weighted by molar-refractivity contribution is 6.29. The Morgan fingerprint density at radius 2 is 2.45 bits per heavy atom. The molecule has 56 valence electrons. The molecule has 1 aliphatic rings. The summed E-state index contributed by atoms with van der Waals surface area (Å²) in [7, 11) is 0. The predicted molar refractivity (Wildman–Crippen MR) is 41.7 cm³/mol. The Hall–Kier alpha value is -1.16. The zero-order chi connectivity index (χ0) is 7.84. The highest BCUT2D eigenvalue weighted by Crippen LogP contribution is 2.12. The number of rotatable bonds is 0. The summed E-state index contributed by atoms with van der Waals surface area (Å²) in [5, 5.41) is 0.195. The SMILES string of the molecule is O=c1cc(Cl)nc2n1CC=N2. The maximum absolute atomic E-state index is 11.1. The van der Waals surface area contributed by atoms with Gasteiger partial charge < -0.3 is 0 Å². The van der Waals surface area contributed by atoms with Gasteiger partial charge in [-0.25, -0.2) is 9.98 Å². The summed E-state index contributed by atoms with van der Waals surface area (Å²) in [5.74, 6) is 0.391. The van der Waals surface area contributed by atoms with Gasteiger partial charge in [-0.2, -0.15) is 0 Å². The zero-order valence-corrected chi connectivity index (χ0v) is 6.25. The van der Waals surface area contributed by atoms with Crippen LogP contribution < -0.4 is 5.56 Å². The normalized spacial score (nSPS) is 13.5. The van der Waals surface area contributed by atoms with Crippen molar-refractivity contribution in [1.82, 2.24) is 9.55 Å². The number of halogens is 1. The van der Waals surface area contributed by atoms with E-state index in [4.69, 9.17) is 11.6 Å².